The summed E-state index contributed by atoms with van der Waals surface area (Å²) in [6.45, 7) is 3.03. The van der Waals surface area contributed by atoms with Gasteiger partial charge < -0.3 is 4.90 Å². The van der Waals surface area contributed by atoms with E-state index in [0.29, 0.717) is 11.9 Å². The van der Waals surface area contributed by atoms with Crippen molar-refractivity contribution >= 4 is 5.84 Å². The summed E-state index contributed by atoms with van der Waals surface area (Å²) in [6, 6.07) is 2.45. The highest BCUT2D eigenvalue weighted by Crippen LogP contribution is 2.17. The molecule has 0 aliphatic carbocycles. The second-order valence-electron chi connectivity index (χ2n) is 3.50. The molecule has 1 unspecified atom stereocenters. The second kappa shape index (κ2) is 5.24. The Morgan fingerprint density at radius 2 is 2.29 bits per heavy atom. The molecule has 0 N–H and O–H groups in total. The van der Waals surface area contributed by atoms with Gasteiger partial charge in [-0.25, -0.2) is 0 Å². The normalized spacial score (nSPS) is 22.6. The van der Waals surface area contributed by atoms with Gasteiger partial charge in [0.1, 0.15) is 5.84 Å². The molecule has 0 radical (unpaired) electrons. The molecule has 4 heteroatoms. The lowest BCUT2D eigenvalue weighted by molar-refractivity contribution is 0.255. The van der Waals surface area contributed by atoms with E-state index in [0.717, 1.165) is 19.4 Å². The Morgan fingerprint density at radius 1 is 1.50 bits per heavy atom. The lowest BCUT2D eigenvalue weighted by Crippen LogP contribution is -2.41. The maximum atomic E-state index is 8.61. The zero-order valence-corrected chi connectivity index (χ0v) is 8.40. The fourth-order valence-corrected chi connectivity index (χ4v) is 1.82. The molecule has 14 heavy (non-hydrogen) atoms. The van der Waals surface area contributed by atoms with Crippen molar-refractivity contribution in [2.45, 2.75) is 38.6 Å². The number of hydrogen-bond acceptors (Lipinski definition) is 3. The molecule has 4 nitrogen and oxygen atoms in total. The molecular weight excluding hydrogens is 176 g/mol. The van der Waals surface area contributed by atoms with Gasteiger partial charge in [0, 0.05) is 12.6 Å². The smallest absolute Gasteiger partial charge is 0.207 e. The first-order chi connectivity index (χ1) is 6.79. The summed E-state index contributed by atoms with van der Waals surface area (Å²) in [7, 11) is 0. The molecule has 0 spiro atoms. The molecule has 74 valence electrons. The molecule has 1 saturated heterocycles. The molecule has 1 aliphatic rings. The van der Waals surface area contributed by atoms with Gasteiger partial charge in [0.05, 0.1) is 12.5 Å². The van der Waals surface area contributed by atoms with Crippen LogP contribution >= 0.6 is 0 Å². The average Bonchev–Trinajstić information content (AvgIpc) is 2.18. The number of nitrogens with zero attached hydrogens (tertiary/aromatic N) is 4. The molecule has 0 saturated carbocycles. The van der Waals surface area contributed by atoms with Gasteiger partial charge in [-0.15, -0.1) is 0 Å². The van der Waals surface area contributed by atoms with Crippen LogP contribution in [0.25, 0.3) is 0 Å². The first-order valence-electron chi connectivity index (χ1n) is 4.89. The van der Waals surface area contributed by atoms with Crippen LogP contribution < -0.4 is 0 Å². The molecule has 0 aromatic carbocycles. The number of likely N-dealkylation sites (tertiary alicyclic amines) is 1. The average molecular weight is 190 g/mol. The van der Waals surface area contributed by atoms with Crippen LogP contribution in [-0.2, 0) is 0 Å². The van der Waals surface area contributed by atoms with Crippen LogP contribution in [0.4, 0.5) is 0 Å². The largest absolute Gasteiger partial charge is 0.356 e. The van der Waals surface area contributed by atoms with Crippen LogP contribution in [0.15, 0.2) is 4.99 Å². The van der Waals surface area contributed by atoms with Gasteiger partial charge >= 0.3 is 0 Å². The summed E-state index contributed by atoms with van der Waals surface area (Å²) < 4.78 is 0. The van der Waals surface area contributed by atoms with E-state index in [1.807, 2.05) is 6.07 Å². The van der Waals surface area contributed by atoms with E-state index < -0.39 is 0 Å². The van der Waals surface area contributed by atoms with Crippen LogP contribution in [0, 0.1) is 22.8 Å². The van der Waals surface area contributed by atoms with Crippen LogP contribution in [-0.4, -0.2) is 23.3 Å². The number of piperidine rings is 1. The van der Waals surface area contributed by atoms with Crippen molar-refractivity contribution in [3.05, 3.63) is 0 Å². The van der Waals surface area contributed by atoms with E-state index in [2.05, 4.69) is 16.8 Å². The lowest BCUT2D eigenvalue weighted by atomic mass is 10.0. The SMILES string of the molecule is CC1CCCCN1C(CC#N)=NC#N. The zero-order valence-electron chi connectivity index (χ0n) is 8.40. The Kier molecular flexibility index (Phi) is 3.94. The van der Waals surface area contributed by atoms with Gasteiger partial charge in [-0.2, -0.15) is 15.5 Å². The number of nitriles is 2. The summed E-state index contributed by atoms with van der Waals surface area (Å²) >= 11 is 0. The quantitative estimate of drug-likeness (QED) is 0.359. The van der Waals surface area contributed by atoms with Gasteiger partial charge in [0.25, 0.3) is 0 Å². The van der Waals surface area contributed by atoms with Crippen molar-refractivity contribution in [3.8, 4) is 12.3 Å². The van der Waals surface area contributed by atoms with Crippen LogP contribution in [0.5, 0.6) is 0 Å². The van der Waals surface area contributed by atoms with Crippen molar-refractivity contribution in [2.24, 2.45) is 4.99 Å². The van der Waals surface area contributed by atoms with Crippen molar-refractivity contribution in [1.29, 1.82) is 10.5 Å². The highest BCUT2D eigenvalue weighted by Gasteiger charge is 2.21. The molecule has 1 aliphatic heterocycles. The van der Waals surface area contributed by atoms with Gasteiger partial charge in [0.15, 0.2) is 0 Å². The number of aliphatic imine (C=N–C) groups is 1. The van der Waals surface area contributed by atoms with Crippen LogP contribution in [0.1, 0.15) is 32.6 Å². The second-order valence-corrected chi connectivity index (χ2v) is 3.50. The Hall–Kier alpha value is -1.55. The van der Waals surface area contributed by atoms with E-state index in [1.165, 1.54) is 6.42 Å². The molecule has 0 bridgehead atoms. The Balaban J connectivity index is 2.72. The van der Waals surface area contributed by atoms with Crippen LogP contribution in [0.3, 0.4) is 0 Å². The Labute approximate surface area is 84.5 Å². The van der Waals surface area contributed by atoms with Crippen LogP contribution in [0.2, 0.25) is 0 Å². The molecule has 1 rings (SSSR count). The minimum absolute atomic E-state index is 0.234. The minimum atomic E-state index is 0.234. The molecular formula is C10H14N4. The van der Waals surface area contributed by atoms with E-state index in [-0.39, 0.29) is 6.42 Å². The van der Waals surface area contributed by atoms with Crippen molar-refractivity contribution in [3.63, 3.8) is 0 Å². The lowest BCUT2D eigenvalue weighted by Gasteiger charge is -2.34. The topological polar surface area (TPSA) is 63.2 Å². The maximum absolute atomic E-state index is 8.61. The molecule has 0 aromatic heterocycles. The Morgan fingerprint density at radius 3 is 2.86 bits per heavy atom. The van der Waals surface area contributed by atoms with Gasteiger partial charge in [0.2, 0.25) is 6.19 Å². The first kappa shape index (κ1) is 10.5. The predicted octanol–water partition coefficient (Wildman–Crippen LogP) is 1.65. The summed E-state index contributed by atoms with van der Waals surface area (Å²) in [5.74, 6) is 0.627. The fourth-order valence-electron chi connectivity index (χ4n) is 1.82. The summed E-state index contributed by atoms with van der Waals surface area (Å²) in [4.78, 5) is 5.79. The Bertz CT molecular complexity index is 294. The molecule has 1 fully saturated rings. The summed E-state index contributed by atoms with van der Waals surface area (Å²) in [5, 5.41) is 17.1. The van der Waals surface area contributed by atoms with Gasteiger partial charge in [-0.3, -0.25) is 0 Å². The van der Waals surface area contributed by atoms with E-state index >= 15 is 0 Å². The zero-order chi connectivity index (χ0) is 10.4. The molecule has 0 amide bonds. The molecule has 1 atom stereocenters. The van der Waals surface area contributed by atoms with Crippen molar-refractivity contribution < 1.29 is 0 Å². The van der Waals surface area contributed by atoms with Crippen molar-refractivity contribution in [2.75, 3.05) is 6.54 Å². The van der Waals surface area contributed by atoms with Gasteiger partial charge in [-0.05, 0) is 26.2 Å². The van der Waals surface area contributed by atoms with E-state index in [1.54, 1.807) is 6.19 Å². The standard InChI is InChI=1S/C10H14N4/c1-9-4-2-3-7-14(9)10(5-6-11)13-8-12/h9H,2-5,7H2,1H3. The number of amidine groups is 1. The minimum Gasteiger partial charge on any atom is -0.356 e. The monoisotopic (exact) mass is 190 g/mol. The summed E-state index contributed by atoms with van der Waals surface area (Å²) in [5.41, 5.74) is 0. The van der Waals surface area contributed by atoms with Crippen molar-refractivity contribution in [1.82, 2.24) is 4.90 Å². The third-order valence-electron chi connectivity index (χ3n) is 2.55. The first-order valence-corrected chi connectivity index (χ1v) is 4.89. The highest BCUT2D eigenvalue weighted by molar-refractivity contribution is 5.85. The predicted molar refractivity (Wildman–Crippen MR) is 53.3 cm³/mol. The van der Waals surface area contributed by atoms with E-state index in [9.17, 15) is 0 Å². The third-order valence-corrected chi connectivity index (χ3v) is 2.55. The number of hydrogen-bond donors (Lipinski definition) is 0. The molecule has 1 heterocycles. The van der Waals surface area contributed by atoms with Gasteiger partial charge in [-0.1, -0.05) is 0 Å². The molecule has 0 aromatic rings. The highest BCUT2D eigenvalue weighted by atomic mass is 15.2. The summed E-state index contributed by atoms with van der Waals surface area (Å²) in [6.07, 6.45) is 5.47. The number of rotatable bonds is 1. The third kappa shape index (κ3) is 2.47. The fraction of sp³-hybridized carbons (Fsp3) is 0.700. The maximum Gasteiger partial charge on any atom is 0.207 e. The van der Waals surface area contributed by atoms with E-state index in [4.69, 9.17) is 10.5 Å².